The third-order valence-corrected chi connectivity index (χ3v) is 3.77. The summed E-state index contributed by atoms with van der Waals surface area (Å²) in [5.41, 5.74) is 1.09. The molecule has 0 unspecified atom stereocenters. The molecule has 3 rings (SSSR count). The van der Waals surface area contributed by atoms with Crippen molar-refractivity contribution < 1.29 is 9.53 Å². The molecule has 0 spiro atoms. The van der Waals surface area contributed by atoms with Crippen LogP contribution in [0.4, 0.5) is 0 Å². The Morgan fingerprint density at radius 2 is 2.05 bits per heavy atom. The molecule has 4 nitrogen and oxygen atoms in total. The SMILES string of the molecule is O=C(NC1CCOCC1)c1cc(Cl)c2ccccc2n1. The Morgan fingerprint density at radius 1 is 1.30 bits per heavy atom. The first-order valence-corrected chi connectivity index (χ1v) is 7.06. The van der Waals surface area contributed by atoms with Crippen LogP contribution in [0.5, 0.6) is 0 Å². The van der Waals surface area contributed by atoms with E-state index in [0.29, 0.717) is 23.9 Å². The summed E-state index contributed by atoms with van der Waals surface area (Å²) in [5, 5.41) is 4.39. The predicted molar refractivity (Wildman–Crippen MR) is 78.1 cm³/mol. The standard InChI is InChI=1S/C15H15ClN2O2/c16-12-9-14(18-13-4-2-1-3-11(12)13)15(19)17-10-5-7-20-8-6-10/h1-4,9-10H,5-8H2,(H,17,19). The number of nitrogens with one attached hydrogen (secondary N) is 1. The molecule has 0 aliphatic carbocycles. The van der Waals surface area contributed by atoms with Gasteiger partial charge < -0.3 is 10.1 Å². The van der Waals surface area contributed by atoms with E-state index in [1.54, 1.807) is 6.07 Å². The van der Waals surface area contributed by atoms with Gasteiger partial charge in [0.05, 0.1) is 10.5 Å². The van der Waals surface area contributed by atoms with Crippen LogP contribution < -0.4 is 5.32 Å². The number of para-hydroxylation sites is 1. The van der Waals surface area contributed by atoms with E-state index in [-0.39, 0.29) is 11.9 Å². The van der Waals surface area contributed by atoms with Gasteiger partial charge in [-0.05, 0) is 25.0 Å². The lowest BCUT2D eigenvalue weighted by molar-refractivity contribution is 0.0694. The van der Waals surface area contributed by atoms with Crippen molar-refractivity contribution in [2.75, 3.05) is 13.2 Å². The molecule has 2 heterocycles. The van der Waals surface area contributed by atoms with Gasteiger partial charge in [-0.25, -0.2) is 4.98 Å². The molecule has 0 atom stereocenters. The molecule has 1 saturated heterocycles. The van der Waals surface area contributed by atoms with Gasteiger partial charge in [-0.2, -0.15) is 0 Å². The number of carbonyl (C=O) groups excluding carboxylic acids is 1. The van der Waals surface area contributed by atoms with Gasteiger partial charge in [-0.1, -0.05) is 29.8 Å². The Labute approximate surface area is 122 Å². The van der Waals surface area contributed by atoms with Crippen LogP contribution in [0.1, 0.15) is 23.3 Å². The third kappa shape index (κ3) is 2.76. The molecule has 2 aromatic rings. The Kier molecular flexibility index (Phi) is 3.85. The number of benzene rings is 1. The number of aromatic nitrogens is 1. The summed E-state index contributed by atoms with van der Waals surface area (Å²) in [6, 6.07) is 9.31. The number of hydrogen-bond acceptors (Lipinski definition) is 3. The fraction of sp³-hybridized carbons (Fsp3) is 0.333. The van der Waals surface area contributed by atoms with Crippen molar-refractivity contribution >= 4 is 28.4 Å². The molecule has 1 aliphatic heterocycles. The lowest BCUT2D eigenvalue weighted by Crippen LogP contribution is -2.39. The highest BCUT2D eigenvalue weighted by atomic mass is 35.5. The summed E-state index contributed by atoms with van der Waals surface area (Å²) in [7, 11) is 0. The van der Waals surface area contributed by atoms with Gasteiger partial charge in [0.25, 0.3) is 5.91 Å². The monoisotopic (exact) mass is 290 g/mol. The Hall–Kier alpha value is -1.65. The average Bonchev–Trinajstić information content (AvgIpc) is 2.48. The van der Waals surface area contributed by atoms with E-state index in [1.807, 2.05) is 24.3 Å². The molecule has 1 fully saturated rings. The van der Waals surface area contributed by atoms with Crippen molar-refractivity contribution in [1.29, 1.82) is 0 Å². The summed E-state index contributed by atoms with van der Waals surface area (Å²) in [5.74, 6) is -0.176. The highest BCUT2D eigenvalue weighted by Crippen LogP contribution is 2.22. The molecule has 1 N–H and O–H groups in total. The molecule has 20 heavy (non-hydrogen) atoms. The second kappa shape index (κ2) is 5.77. The zero-order valence-electron chi connectivity index (χ0n) is 10.9. The minimum Gasteiger partial charge on any atom is -0.381 e. The number of nitrogens with zero attached hydrogens (tertiary/aromatic N) is 1. The van der Waals surface area contributed by atoms with Gasteiger partial charge in [-0.15, -0.1) is 0 Å². The summed E-state index contributed by atoms with van der Waals surface area (Å²) >= 11 is 6.21. The normalized spacial score (nSPS) is 16.2. The van der Waals surface area contributed by atoms with Crippen LogP contribution in [0.15, 0.2) is 30.3 Å². The maximum atomic E-state index is 12.2. The van der Waals surface area contributed by atoms with Crippen LogP contribution >= 0.6 is 11.6 Å². The lowest BCUT2D eigenvalue weighted by atomic mass is 10.1. The minimum absolute atomic E-state index is 0.156. The Morgan fingerprint density at radius 3 is 2.85 bits per heavy atom. The Bertz CT molecular complexity index is 639. The van der Waals surface area contributed by atoms with Crippen LogP contribution in [0.3, 0.4) is 0 Å². The van der Waals surface area contributed by atoms with E-state index >= 15 is 0 Å². The number of amides is 1. The van der Waals surface area contributed by atoms with Crippen molar-refractivity contribution in [1.82, 2.24) is 10.3 Å². The molecular weight excluding hydrogens is 276 g/mol. The van der Waals surface area contributed by atoms with Crippen molar-refractivity contribution in [2.45, 2.75) is 18.9 Å². The van der Waals surface area contributed by atoms with Gasteiger partial charge in [-0.3, -0.25) is 4.79 Å². The van der Waals surface area contributed by atoms with E-state index in [4.69, 9.17) is 16.3 Å². The number of fused-ring (bicyclic) bond motifs is 1. The molecule has 1 aromatic heterocycles. The van der Waals surface area contributed by atoms with Crippen molar-refractivity contribution in [3.8, 4) is 0 Å². The van der Waals surface area contributed by atoms with Gasteiger partial charge >= 0.3 is 0 Å². The van der Waals surface area contributed by atoms with Gasteiger partial charge in [0.1, 0.15) is 5.69 Å². The van der Waals surface area contributed by atoms with Crippen LogP contribution in [0, 0.1) is 0 Å². The number of halogens is 1. The topological polar surface area (TPSA) is 51.2 Å². The first-order chi connectivity index (χ1) is 9.74. The number of carbonyl (C=O) groups is 1. The number of hydrogen-bond donors (Lipinski definition) is 1. The number of pyridine rings is 1. The molecular formula is C15H15ClN2O2. The maximum absolute atomic E-state index is 12.2. The van der Waals surface area contributed by atoms with Crippen LogP contribution in [-0.2, 0) is 4.74 Å². The quantitative estimate of drug-likeness (QED) is 0.925. The van der Waals surface area contributed by atoms with E-state index in [1.165, 1.54) is 0 Å². The summed E-state index contributed by atoms with van der Waals surface area (Å²) in [4.78, 5) is 16.6. The van der Waals surface area contributed by atoms with Gasteiger partial charge in [0.2, 0.25) is 0 Å². The number of ether oxygens (including phenoxy) is 1. The van der Waals surface area contributed by atoms with E-state index < -0.39 is 0 Å². The molecule has 1 aromatic carbocycles. The largest absolute Gasteiger partial charge is 0.381 e. The van der Waals surface area contributed by atoms with E-state index in [9.17, 15) is 4.79 Å². The third-order valence-electron chi connectivity index (χ3n) is 3.45. The van der Waals surface area contributed by atoms with E-state index in [0.717, 1.165) is 23.7 Å². The van der Waals surface area contributed by atoms with Crippen LogP contribution in [-0.4, -0.2) is 30.1 Å². The van der Waals surface area contributed by atoms with E-state index in [2.05, 4.69) is 10.3 Å². The summed E-state index contributed by atoms with van der Waals surface area (Å²) in [6.07, 6.45) is 1.68. The highest BCUT2D eigenvalue weighted by Gasteiger charge is 2.18. The Balaban J connectivity index is 1.84. The van der Waals surface area contributed by atoms with Crippen molar-refractivity contribution in [2.24, 2.45) is 0 Å². The zero-order valence-corrected chi connectivity index (χ0v) is 11.7. The summed E-state index contributed by atoms with van der Waals surface area (Å²) < 4.78 is 5.28. The second-order valence-corrected chi connectivity index (χ2v) is 5.27. The molecule has 1 amide bonds. The van der Waals surface area contributed by atoms with Crippen molar-refractivity contribution in [3.05, 3.63) is 41.0 Å². The molecule has 5 heteroatoms. The molecule has 0 saturated carbocycles. The molecule has 0 bridgehead atoms. The fourth-order valence-electron chi connectivity index (χ4n) is 2.35. The number of rotatable bonds is 2. The predicted octanol–water partition coefficient (Wildman–Crippen LogP) is 2.80. The smallest absolute Gasteiger partial charge is 0.270 e. The van der Waals surface area contributed by atoms with Crippen LogP contribution in [0.25, 0.3) is 10.9 Å². The lowest BCUT2D eigenvalue weighted by Gasteiger charge is -2.23. The fourth-order valence-corrected chi connectivity index (χ4v) is 2.61. The first-order valence-electron chi connectivity index (χ1n) is 6.68. The van der Waals surface area contributed by atoms with Gasteiger partial charge in [0.15, 0.2) is 0 Å². The van der Waals surface area contributed by atoms with Crippen molar-refractivity contribution in [3.63, 3.8) is 0 Å². The molecule has 0 radical (unpaired) electrons. The summed E-state index contributed by atoms with van der Waals surface area (Å²) in [6.45, 7) is 1.38. The molecule has 1 aliphatic rings. The zero-order chi connectivity index (χ0) is 13.9. The highest BCUT2D eigenvalue weighted by molar-refractivity contribution is 6.35. The first kappa shape index (κ1) is 13.3. The maximum Gasteiger partial charge on any atom is 0.270 e. The second-order valence-electron chi connectivity index (χ2n) is 4.87. The average molecular weight is 291 g/mol. The molecule has 104 valence electrons. The minimum atomic E-state index is -0.176. The van der Waals surface area contributed by atoms with Crippen LogP contribution in [0.2, 0.25) is 5.02 Å². The van der Waals surface area contributed by atoms with Gasteiger partial charge in [0, 0.05) is 24.6 Å².